The molecule has 0 spiro atoms. The van der Waals surface area contributed by atoms with E-state index in [0.717, 1.165) is 12.8 Å². The molecule has 0 rings (SSSR count). The maximum absolute atomic E-state index is 11.1. The van der Waals surface area contributed by atoms with Crippen molar-refractivity contribution < 1.29 is 8.42 Å². The number of hydrogen-bond donors (Lipinski definition) is 3. The van der Waals surface area contributed by atoms with E-state index in [1.165, 1.54) is 7.05 Å². The molecule has 0 saturated carbocycles. The Morgan fingerprint density at radius 1 is 1.36 bits per heavy atom. The van der Waals surface area contributed by atoms with Gasteiger partial charge in [0.2, 0.25) is 0 Å². The van der Waals surface area contributed by atoms with Gasteiger partial charge in [-0.15, -0.1) is 0 Å². The third-order valence-electron chi connectivity index (χ3n) is 2.07. The van der Waals surface area contributed by atoms with Gasteiger partial charge in [-0.3, -0.25) is 0 Å². The van der Waals surface area contributed by atoms with E-state index in [2.05, 4.69) is 9.44 Å². The van der Waals surface area contributed by atoms with Crippen molar-refractivity contribution in [2.75, 3.05) is 20.1 Å². The van der Waals surface area contributed by atoms with Crippen molar-refractivity contribution >= 4 is 10.2 Å². The second kappa shape index (κ2) is 5.65. The number of hydrogen-bond acceptors (Lipinski definition) is 3. The van der Waals surface area contributed by atoms with Crippen molar-refractivity contribution in [3.8, 4) is 0 Å². The molecule has 0 aromatic rings. The summed E-state index contributed by atoms with van der Waals surface area (Å²) in [6.45, 7) is 5.10. The Bertz CT molecular complexity index is 249. The van der Waals surface area contributed by atoms with E-state index in [0.29, 0.717) is 13.1 Å². The van der Waals surface area contributed by atoms with Crippen molar-refractivity contribution in [3.05, 3.63) is 0 Å². The average molecular weight is 223 g/mol. The Morgan fingerprint density at radius 3 is 2.36 bits per heavy atom. The minimum absolute atomic E-state index is 0.0523. The summed E-state index contributed by atoms with van der Waals surface area (Å²) in [5.74, 6) is 0. The fourth-order valence-corrected chi connectivity index (χ4v) is 1.76. The lowest BCUT2D eigenvalue weighted by Gasteiger charge is -2.24. The molecule has 0 aromatic carbocycles. The predicted octanol–water partition coefficient (Wildman–Crippen LogP) is -0.195. The molecule has 0 aliphatic heterocycles. The Morgan fingerprint density at radius 2 is 1.93 bits per heavy atom. The van der Waals surface area contributed by atoms with Crippen molar-refractivity contribution in [2.45, 2.75) is 26.7 Å². The lowest BCUT2D eigenvalue weighted by atomic mass is 9.88. The zero-order valence-electron chi connectivity index (χ0n) is 9.13. The average Bonchev–Trinajstić information content (AvgIpc) is 2.12. The summed E-state index contributed by atoms with van der Waals surface area (Å²) >= 11 is 0. The first-order valence-corrected chi connectivity index (χ1v) is 6.19. The van der Waals surface area contributed by atoms with Crippen LogP contribution in [0.3, 0.4) is 0 Å². The number of rotatable bonds is 7. The SMILES string of the molecule is CNS(=O)(=O)NCC(C)(C)CCCN. The fourth-order valence-electron chi connectivity index (χ4n) is 1.03. The molecule has 0 aliphatic carbocycles. The minimum Gasteiger partial charge on any atom is -0.330 e. The van der Waals surface area contributed by atoms with Gasteiger partial charge in [0.25, 0.3) is 10.2 Å². The molecule has 0 radical (unpaired) electrons. The fraction of sp³-hybridized carbons (Fsp3) is 1.00. The first kappa shape index (κ1) is 13.8. The van der Waals surface area contributed by atoms with Gasteiger partial charge in [-0.05, 0) is 24.8 Å². The largest absolute Gasteiger partial charge is 0.330 e. The van der Waals surface area contributed by atoms with Crippen molar-refractivity contribution in [3.63, 3.8) is 0 Å². The van der Waals surface area contributed by atoms with Crippen LogP contribution in [0.4, 0.5) is 0 Å². The van der Waals surface area contributed by atoms with Gasteiger partial charge >= 0.3 is 0 Å². The quantitative estimate of drug-likeness (QED) is 0.559. The summed E-state index contributed by atoms with van der Waals surface area (Å²) in [5.41, 5.74) is 5.34. The lowest BCUT2D eigenvalue weighted by Crippen LogP contribution is -2.40. The molecule has 0 bridgehead atoms. The smallest absolute Gasteiger partial charge is 0.276 e. The van der Waals surface area contributed by atoms with Crippen molar-refractivity contribution in [1.82, 2.24) is 9.44 Å². The molecule has 0 atom stereocenters. The molecule has 4 N–H and O–H groups in total. The zero-order chi connectivity index (χ0) is 11.2. The maximum atomic E-state index is 11.1. The van der Waals surface area contributed by atoms with E-state index in [-0.39, 0.29) is 5.41 Å². The van der Waals surface area contributed by atoms with Crippen LogP contribution in [0.25, 0.3) is 0 Å². The number of nitrogens with one attached hydrogen (secondary N) is 2. The van der Waals surface area contributed by atoms with Crippen LogP contribution in [0.5, 0.6) is 0 Å². The molecule has 0 heterocycles. The van der Waals surface area contributed by atoms with Crippen molar-refractivity contribution in [2.24, 2.45) is 11.1 Å². The van der Waals surface area contributed by atoms with Gasteiger partial charge in [0.15, 0.2) is 0 Å². The summed E-state index contributed by atoms with van der Waals surface area (Å²) in [4.78, 5) is 0. The monoisotopic (exact) mass is 223 g/mol. The third kappa shape index (κ3) is 6.31. The molecular formula is C8H21N3O2S. The van der Waals surface area contributed by atoms with Crippen LogP contribution in [-0.2, 0) is 10.2 Å². The molecule has 5 nitrogen and oxygen atoms in total. The van der Waals surface area contributed by atoms with Crippen LogP contribution in [-0.4, -0.2) is 28.6 Å². The molecule has 6 heteroatoms. The highest BCUT2D eigenvalue weighted by Crippen LogP contribution is 2.20. The molecule has 0 aliphatic rings. The van der Waals surface area contributed by atoms with E-state index >= 15 is 0 Å². The second-order valence-electron chi connectivity index (χ2n) is 4.09. The van der Waals surface area contributed by atoms with Gasteiger partial charge < -0.3 is 5.73 Å². The molecule has 14 heavy (non-hydrogen) atoms. The molecule has 86 valence electrons. The van der Waals surface area contributed by atoms with Gasteiger partial charge in [-0.25, -0.2) is 9.44 Å². The molecule has 0 fully saturated rings. The first-order valence-electron chi connectivity index (χ1n) is 4.71. The highest BCUT2D eigenvalue weighted by Gasteiger charge is 2.19. The molecule has 0 unspecified atom stereocenters. The van der Waals surface area contributed by atoms with Gasteiger partial charge in [-0.1, -0.05) is 13.8 Å². The highest BCUT2D eigenvalue weighted by molar-refractivity contribution is 7.87. The van der Waals surface area contributed by atoms with Crippen molar-refractivity contribution in [1.29, 1.82) is 0 Å². The highest BCUT2D eigenvalue weighted by atomic mass is 32.2. The molecular weight excluding hydrogens is 202 g/mol. The number of nitrogens with two attached hydrogens (primary N) is 1. The third-order valence-corrected chi connectivity index (χ3v) is 3.13. The summed E-state index contributed by atoms with van der Waals surface area (Å²) in [5, 5.41) is 0. The van der Waals surface area contributed by atoms with Crippen LogP contribution in [0, 0.1) is 5.41 Å². The van der Waals surface area contributed by atoms with E-state index < -0.39 is 10.2 Å². The van der Waals surface area contributed by atoms with Crippen LogP contribution in [0.2, 0.25) is 0 Å². The lowest BCUT2D eigenvalue weighted by molar-refractivity contribution is 0.326. The van der Waals surface area contributed by atoms with Gasteiger partial charge in [-0.2, -0.15) is 8.42 Å². The summed E-state index contributed by atoms with van der Waals surface area (Å²) in [7, 11) is -1.92. The second-order valence-corrected chi connectivity index (χ2v) is 5.79. The Hall–Kier alpha value is -0.170. The molecule has 0 amide bonds. The Kier molecular flexibility index (Phi) is 5.58. The van der Waals surface area contributed by atoms with Crippen LogP contribution in [0.1, 0.15) is 26.7 Å². The minimum atomic E-state index is -3.31. The van der Waals surface area contributed by atoms with Gasteiger partial charge in [0.05, 0.1) is 0 Å². The summed E-state index contributed by atoms with van der Waals surface area (Å²) in [6.07, 6.45) is 1.82. The van der Waals surface area contributed by atoms with Crippen LogP contribution >= 0.6 is 0 Å². The standard InChI is InChI=1S/C8H21N3O2S/c1-8(2,5-4-6-9)7-11-14(12,13)10-3/h10-11H,4-7,9H2,1-3H3. The van der Waals surface area contributed by atoms with E-state index in [1.807, 2.05) is 13.8 Å². The van der Waals surface area contributed by atoms with Gasteiger partial charge in [0.1, 0.15) is 0 Å². The molecule has 0 saturated heterocycles. The summed E-state index contributed by atoms with van der Waals surface area (Å²) < 4.78 is 26.8. The first-order chi connectivity index (χ1) is 6.33. The molecule has 0 aromatic heterocycles. The Labute approximate surface area is 86.6 Å². The normalized spacial score (nSPS) is 13.1. The van der Waals surface area contributed by atoms with E-state index in [1.54, 1.807) is 0 Å². The van der Waals surface area contributed by atoms with Crippen LogP contribution < -0.4 is 15.2 Å². The van der Waals surface area contributed by atoms with Crippen LogP contribution in [0.15, 0.2) is 0 Å². The topological polar surface area (TPSA) is 84.2 Å². The van der Waals surface area contributed by atoms with E-state index in [9.17, 15) is 8.42 Å². The zero-order valence-corrected chi connectivity index (χ0v) is 9.95. The summed E-state index contributed by atoms with van der Waals surface area (Å²) in [6, 6.07) is 0. The van der Waals surface area contributed by atoms with Gasteiger partial charge in [0, 0.05) is 13.6 Å². The predicted molar refractivity (Wildman–Crippen MR) is 58.1 cm³/mol. The Balaban J connectivity index is 3.98. The maximum Gasteiger partial charge on any atom is 0.276 e. The van der Waals surface area contributed by atoms with E-state index in [4.69, 9.17) is 5.73 Å².